The van der Waals surface area contributed by atoms with Crippen molar-refractivity contribution in [2.75, 3.05) is 11.4 Å². The second kappa shape index (κ2) is 10.1. The van der Waals surface area contributed by atoms with Gasteiger partial charge in [-0.05, 0) is 59.5 Å². The van der Waals surface area contributed by atoms with Crippen LogP contribution in [-0.2, 0) is 24.6 Å². The number of carbonyl (C=O) groups excluding carboxylic acids is 1. The van der Waals surface area contributed by atoms with Crippen LogP contribution in [0.2, 0.25) is 5.02 Å². The van der Waals surface area contributed by atoms with Crippen LogP contribution in [0, 0.1) is 5.82 Å². The Morgan fingerprint density at radius 3 is 2.37 bits per heavy atom. The van der Waals surface area contributed by atoms with Gasteiger partial charge in [0.25, 0.3) is 0 Å². The first-order valence-electron chi connectivity index (χ1n) is 11.9. The molecule has 4 nitrogen and oxygen atoms in total. The predicted molar refractivity (Wildman–Crippen MR) is 138 cm³/mol. The average Bonchev–Trinajstić information content (AvgIpc) is 3.33. The molecule has 0 spiro atoms. The van der Waals surface area contributed by atoms with Crippen LogP contribution in [-0.4, -0.2) is 17.6 Å². The second-order valence-corrected chi connectivity index (χ2v) is 9.55. The van der Waals surface area contributed by atoms with Gasteiger partial charge in [0.2, 0.25) is 0 Å². The number of alkyl halides is 3. The van der Waals surface area contributed by atoms with Crippen molar-refractivity contribution in [1.82, 2.24) is 10.3 Å². The van der Waals surface area contributed by atoms with E-state index in [0.717, 1.165) is 17.7 Å². The van der Waals surface area contributed by atoms with E-state index in [0.29, 0.717) is 35.3 Å². The molecule has 3 aromatic carbocycles. The lowest BCUT2D eigenvalue weighted by molar-refractivity contribution is -0.137. The molecule has 2 heterocycles. The van der Waals surface area contributed by atoms with E-state index in [9.17, 15) is 22.4 Å². The highest BCUT2D eigenvalue weighted by molar-refractivity contribution is 6.30. The smallest absolute Gasteiger partial charge is 0.322 e. The zero-order valence-electron chi connectivity index (χ0n) is 20.0. The number of benzene rings is 3. The number of aromatic nitrogens is 1. The number of nitrogens with zero attached hydrogens (tertiary/aromatic N) is 2. The molecule has 0 saturated carbocycles. The Morgan fingerprint density at radius 1 is 0.947 bits per heavy atom. The molecule has 9 heteroatoms. The van der Waals surface area contributed by atoms with Crippen molar-refractivity contribution in [3.05, 3.63) is 130 Å². The average molecular weight is 540 g/mol. The summed E-state index contributed by atoms with van der Waals surface area (Å²) in [7, 11) is 0. The molecule has 5 rings (SSSR count). The quantitative estimate of drug-likeness (QED) is 0.274. The fourth-order valence-electron chi connectivity index (χ4n) is 4.85. The number of hydrogen-bond donors (Lipinski definition) is 1. The maximum absolute atomic E-state index is 14.8. The van der Waals surface area contributed by atoms with Gasteiger partial charge in [-0.1, -0.05) is 60.1 Å². The van der Waals surface area contributed by atoms with Crippen molar-refractivity contribution in [3.63, 3.8) is 0 Å². The first-order chi connectivity index (χ1) is 18.2. The van der Waals surface area contributed by atoms with Gasteiger partial charge in [-0.25, -0.2) is 9.18 Å². The van der Waals surface area contributed by atoms with Crippen LogP contribution < -0.4 is 10.2 Å². The number of carbonyl (C=O) groups is 1. The highest BCUT2D eigenvalue weighted by Gasteiger charge is 2.42. The molecule has 1 aliphatic rings. The molecule has 194 valence electrons. The lowest BCUT2D eigenvalue weighted by Crippen LogP contribution is -2.53. The zero-order valence-corrected chi connectivity index (χ0v) is 20.7. The van der Waals surface area contributed by atoms with Crippen LogP contribution in [0.1, 0.15) is 27.9 Å². The molecular weight excluding hydrogens is 518 g/mol. The number of nitrogens with one attached hydrogen (secondary N) is 1. The van der Waals surface area contributed by atoms with Crippen molar-refractivity contribution in [1.29, 1.82) is 0 Å². The van der Waals surface area contributed by atoms with Gasteiger partial charge in [-0.3, -0.25) is 9.88 Å². The third kappa shape index (κ3) is 5.09. The van der Waals surface area contributed by atoms with E-state index in [-0.39, 0.29) is 17.7 Å². The van der Waals surface area contributed by atoms with Crippen LogP contribution in [0.5, 0.6) is 0 Å². The molecule has 0 saturated heterocycles. The Kier molecular flexibility index (Phi) is 6.84. The van der Waals surface area contributed by atoms with Crippen LogP contribution >= 0.6 is 11.6 Å². The normalized spacial score (nSPS) is 14.6. The topological polar surface area (TPSA) is 45.2 Å². The summed E-state index contributed by atoms with van der Waals surface area (Å²) in [5.74, 6) is -1.08. The molecule has 0 fully saturated rings. The lowest BCUT2D eigenvalue weighted by atomic mass is 9.79. The molecule has 1 aliphatic heterocycles. The highest BCUT2D eigenvalue weighted by atomic mass is 35.5. The molecule has 1 N–H and O–H groups in total. The number of rotatable bonds is 5. The Morgan fingerprint density at radius 2 is 1.66 bits per heavy atom. The van der Waals surface area contributed by atoms with E-state index in [1.165, 1.54) is 23.2 Å². The summed E-state index contributed by atoms with van der Waals surface area (Å²) < 4.78 is 56.2. The molecule has 1 aromatic heterocycles. The summed E-state index contributed by atoms with van der Waals surface area (Å²) in [5, 5.41) is 3.27. The van der Waals surface area contributed by atoms with Gasteiger partial charge in [0, 0.05) is 24.8 Å². The number of hydrogen-bond acceptors (Lipinski definition) is 2. The van der Waals surface area contributed by atoms with E-state index < -0.39 is 29.1 Å². The number of anilines is 1. The Hall–Kier alpha value is -3.91. The Bertz CT molecular complexity index is 1460. The van der Waals surface area contributed by atoms with E-state index in [1.54, 1.807) is 30.3 Å². The Labute approximate surface area is 221 Å². The van der Waals surface area contributed by atoms with Crippen molar-refractivity contribution in [3.8, 4) is 0 Å². The molecule has 38 heavy (non-hydrogen) atoms. The third-order valence-electron chi connectivity index (χ3n) is 6.65. The monoisotopic (exact) mass is 539 g/mol. The largest absolute Gasteiger partial charge is 0.416 e. The minimum Gasteiger partial charge on any atom is -0.322 e. The zero-order chi connectivity index (χ0) is 26.9. The number of halogens is 5. The number of para-hydroxylation sites is 1. The van der Waals surface area contributed by atoms with Crippen LogP contribution in [0.3, 0.4) is 0 Å². The first-order valence-corrected chi connectivity index (χ1v) is 12.3. The summed E-state index contributed by atoms with van der Waals surface area (Å²) in [5.41, 5.74) is -0.328. The fraction of sp³-hybridized carbons (Fsp3) is 0.172. The minimum absolute atomic E-state index is 0.00441. The summed E-state index contributed by atoms with van der Waals surface area (Å²) in [4.78, 5) is 19.8. The van der Waals surface area contributed by atoms with Gasteiger partial charge in [0.15, 0.2) is 0 Å². The number of fused-ring (bicyclic) bond motifs is 1. The second-order valence-electron chi connectivity index (χ2n) is 9.12. The number of amides is 2. The van der Waals surface area contributed by atoms with Gasteiger partial charge in [0.05, 0.1) is 16.3 Å². The van der Waals surface area contributed by atoms with Crippen molar-refractivity contribution < 1.29 is 22.4 Å². The van der Waals surface area contributed by atoms with Gasteiger partial charge in [-0.15, -0.1) is 0 Å². The van der Waals surface area contributed by atoms with Gasteiger partial charge < -0.3 is 5.32 Å². The van der Waals surface area contributed by atoms with Gasteiger partial charge in [0.1, 0.15) is 11.4 Å². The molecular formula is C29H22ClF4N3O. The number of pyridine rings is 1. The molecule has 0 aliphatic carbocycles. The van der Waals surface area contributed by atoms with Crippen molar-refractivity contribution >= 4 is 23.3 Å². The highest BCUT2D eigenvalue weighted by Crippen LogP contribution is 2.38. The Balaban J connectivity index is 1.71. The molecule has 0 unspecified atom stereocenters. The van der Waals surface area contributed by atoms with Crippen molar-refractivity contribution in [2.45, 2.75) is 24.6 Å². The standard InChI is InChI=1S/C29H22ClF4N3O/c30-23-10-11-26(35-18-23)28(17-19-6-2-1-3-7-19,21-14-22(29(32,33)34)16-24(31)15-21)36-27(38)37-13-12-20-8-4-5-9-25(20)37/h1-11,14-16,18H,12-13,17H2,(H,36,38)/t28-/m0/s1. The van der Waals surface area contributed by atoms with Gasteiger partial charge >= 0.3 is 12.2 Å². The van der Waals surface area contributed by atoms with Crippen LogP contribution in [0.15, 0.2) is 91.1 Å². The minimum atomic E-state index is -4.80. The summed E-state index contributed by atoms with van der Waals surface area (Å²) >= 11 is 6.08. The van der Waals surface area contributed by atoms with E-state index in [2.05, 4.69) is 10.3 Å². The molecule has 0 radical (unpaired) electrons. The molecule has 2 amide bonds. The SMILES string of the molecule is O=C(N[C@@](Cc1ccccc1)(c1cc(F)cc(C(F)(F)F)c1)c1ccc(Cl)cn1)N1CCc2ccccc21. The lowest BCUT2D eigenvalue weighted by Gasteiger charge is -2.37. The first kappa shape index (κ1) is 25.7. The van der Waals surface area contributed by atoms with Crippen molar-refractivity contribution in [2.24, 2.45) is 0 Å². The van der Waals surface area contributed by atoms with E-state index >= 15 is 0 Å². The van der Waals surface area contributed by atoms with Gasteiger partial charge in [-0.2, -0.15) is 13.2 Å². The van der Waals surface area contributed by atoms with E-state index in [1.807, 2.05) is 24.3 Å². The van der Waals surface area contributed by atoms with Crippen LogP contribution in [0.4, 0.5) is 28.0 Å². The van der Waals surface area contributed by atoms with E-state index in [4.69, 9.17) is 11.6 Å². The summed E-state index contributed by atoms with van der Waals surface area (Å²) in [6.07, 6.45) is -2.82. The number of urea groups is 1. The third-order valence-corrected chi connectivity index (χ3v) is 6.87. The molecule has 1 atom stereocenters. The molecule has 0 bridgehead atoms. The predicted octanol–water partition coefficient (Wildman–Crippen LogP) is 7.15. The summed E-state index contributed by atoms with van der Waals surface area (Å²) in [6, 6.07) is 21.2. The maximum Gasteiger partial charge on any atom is 0.416 e. The van der Waals surface area contributed by atoms with Crippen LogP contribution in [0.25, 0.3) is 0 Å². The summed E-state index contributed by atoms with van der Waals surface area (Å²) in [6.45, 7) is 0.387. The molecule has 4 aromatic rings. The maximum atomic E-state index is 14.8. The fourth-order valence-corrected chi connectivity index (χ4v) is 4.96.